The number of sulfone groups is 1. The molecule has 7 heteroatoms. The van der Waals surface area contributed by atoms with Gasteiger partial charge in [0.05, 0.1) is 11.5 Å². The summed E-state index contributed by atoms with van der Waals surface area (Å²) in [6.45, 7) is 3.72. The van der Waals surface area contributed by atoms with E-state index >= 15 is 0 Å². The second-order valence-electron chi connectivity index (χ2n) is 6.32. The third kappa shape index (κ3) is 4.56. The average Bonchev–Trinajstić information content (AvgIpc) is 2.88. The number of aryl methyl sites for hydroxylation is 1. The van der Waals surface area contributed by atoms with Crippen LogP contribution in [0, 0.1) is 6.92 Å². The zero-order valence-corrected chi connectivity index (χ0v) is 15.2. The van der Waals surface area contributed by atoms with Crippen LogP contribution in [-0.4, -0.2) is 56.3 Å². The predicted molar refractivity (Wildman–Crippen MR) is 93.7 cm³/mol. The van der Waals surface area contributed by atoms with Crippen LogP contribution in [0.4, 0.5) is 5.69 Å². The van der Waals surface area contributed by atoms with Gasteiger partial charge in [0, 0.05) is 38.7 Å². The molecule has 0 saturated carbocycles. The Morgan fingerprint density at radius 2 is 1.83 bits per heavy atom. The van der Waals surface area contributed by atoms with Gasteiger partial charge in [-0.15, -0.1) is 0 Å². The zero-order chi connectivity index (χ0) is 17.9. The molecular weight excluding hydrogens is 328 g/mol. The van der Waals surface area contributed by atoms with Gasteiger partial charge in [-0.25, -0.2) is 8.42 Å². The Labute approximate surface area is 143 Å². The van der Waals surface area contributed by atoms with E-state index in [9.17, 15) is 18.0 Å². The number of rotatable bonds is 5. The van der Waals surface area contributed by atoms with Crippen molar-refractivity contribution in [3.8, 4) is 0 Å². The molecule has 0 aromatic heterocycles. The van der Waals surface area contributed by atoms with E-state index in [-0.39, 0.29) is 42.3 Å². The summed E-state index contributed by atoms with van der Waals surface area (Å²) in [5.74, 6) is -0.102. The number of anilines is 1. The molecule has 1 aromatic carbocycles. The topological polar surface area (TPSA) is 74.8 Å². The second kappa shape index (κ2) is 7.34. The monoisotopic (exact) mass is 352 g/mol. The van der Waals surface area contributed by atoms with Crippen LogP contribution in [0.3, 0.4) is 0 Å². The van der Waals surface area contributed by atoms with Gasteiger partial charge in [0.2, 0.25) is 11.8 Å². The number of carbonyl (C=O) groups is 2. The molecule has 24 heavy (non-hydrogen) atoms. The minimum absolute atomic E-state index is 0.0314. The SMILES string of the molecule is CC(=O)N(CCC(=O)N(C)C1CCS(=O)(=O)C1)c1ccc(C)cc1. The highest BCUT2D eigenvalue weighted by molar-refractivity contribution is 7.91. The molecule has 1 fully saturated rings. The van der Waals surface area contributed by atoms with Crippen LogP contribution in [0.15, 0.2) is 24.3 Å². The van der Waals surface area contributed by atoms with Crippen molar-refractivity contribution in [3.63, 3.8) is 0 Å². The maximum atomic E-state index is 12.3. The Bertz CT molecular complexity index is 713. The lowest BCUT2D eigenvalue weighted by molar-refractivity contribution is -0.131. The lowest BCUT2D eigenvalue weighted by Gasteiger charge is -2.26. The molecule has 0 spiro atoms. The van der Waals surface area contributed by atoms with E-state index in [0.717, 1.165) is 11.3 Å². The molecule has 0 bridgehead atoms. The summed E-state index contributed by atoms with van der Waals surface area (Å²) >= 11 is 0. The zero-order valence-electron chi connectivity index (χ0n) is 14.4. The molecule has 2 rings (SSSR count). The first-order valence-electron chi connectivity index (χ1n) is 8.00. The van der Waals surface area contributed by atoms with Crippen LogP contribution >= 0.6 is 0 Å². The minimum Gasteiger partial charge on any atom is -0.342 e. The molecule has 1 unspecified atom stereocenters. The third-order valence-electron chi connectivity index (χ3n) is 4.42. The van der Waals surface area contributed by atoms with E-state index in [1.807, 2.05) is 31.2 Å². The van der Waals surface area contributed by atoms with Crippen molar-refractivity contribution in [2.45, 2.75) is 32.7 Å². The number of nitrogens with zero attached hydrogens (tertiary/aromatic N) is 2. The van der Waals surface area contributed by atoms with Crippen LogP contribution in [0.1, 0.15) is 25.3 Å². The highest BCUT2D eigenvalue weighted by Crippen LogP contribution is 2.19. The highest BCUT2D eigenvalue weighted by Gasteiger charge is 2.32. The number of carbonyl (C=O) groups excluding carboxylic acids is 2. The van der Waals surface area contributed by atoms with E-state index in [2.05, 4.69) is 0 Å². The lowest BCUT2D eigenvalue weighted by atomic mass is 10.2. The van der Waals surface area contributed by atoms with E-state index in [1.165, 1.54) is 11.8 Å². The van der Waals surface area contributed by atoms with Crippen LogP contribution < -0.4 is 4.90 Å². The Hall–Kier alpha value is -1.89. The smallest absolute Gasteiger partial charge is 0.224 e. The first-order chi connectivity index (χ1) is 11.2. The second-order valence-corrected chi connectivity index (χ2v) is 8.55. The number of hydrogen-bond donors (Lipinski definition) is 0. The largest absolute Gasteiger partial charge is 0.342 e. The molecular formula is C17H24N2O4S. The number of hydrogen-bond acceptors (Lipinski definition) is 4. The number of benzene rings is 1. The van der Waals surface area contributed by atoms with Crippen LogP contribution in [0.25, 0.3) is 0 Å². The Balaban J connectivity index is 1.97. The van der Waals surface area contributed by atoms with Crippen molar-refractivity contribution in [1.82, 2.24) is 4.90 Å². The molecule has 1 heterocycles. The first kappa shape index (κ1) is 18.4. The van der Waals surface area contributed by atoms with E-state index < -0.39 is 9.84 Å². The average molecular weight is 352 g/mol. The molecule has 132 valence electrons. The third-order valence-corrected chi connectivity index (χ3v) is 6.17. The summed E-state index contributed by atoms with van der Waals surface area (Å²) in [7, 11) is -1.39. The van der Waals surface area contributed by atoms with Crippen molar-refractivity contribution < 1.29 is 18.0 Å². The molecule has 6 nitrogen and oxygen atoms in total. The van der Waals surface area contributed by atoms with Gasteiger partial charge >= 0.3 is 0 Å². The van der Waals surface area contributed by atoms with Crippen molar-refractivity contribution >= 4 is 27.3 Å². The van der Waals surface area contributed by atoms with Crippen LogP contribution in [-0.2, 0) is 19.4 Å². The quantitative estimate of drug-likeness (QED) is 0.802. The maximum absolute atomic E-state index is 12.3. The first-order valence-corrected chi connectivity index (χ1v) is 9.82. The van der Waals surface area contributed by atoms with Crippen LogP contribution in [0.5, 0.6) is 0 Å². The molecule has 1 aromatic rings. The molecule has 1 saturated heterocycles. The summed E-state index contributed by atoms with van der Waals surface area (Å²) in [5.41, 5.74) is 1.85. The van der Waals surface area contributed by atoms with Gasteiger partial charge in [0.15, 0.2) is 9.84 Å². The van der Waals surface area contributed by atoms with Gasteiger partial charge in [-0.2, -0.15) is 0 Å². The normalized spacial score (nSPS) is 19.0. The van der Waals surface area contributed by atoms with Gasteiger partial charge in [0.1, 0.15) is 0 Å². The summed E-state index contributed by atoms with van der Waals surface area (Å²) in [4.78, 5) is 27.3. The Morgan fingerprint density at radius 3 is 2.33 bits per heavy atom. The molecule has 0 N–H and O–H groups in total. The van der Waals surface area contributed by atoms with Gasteiger partial charge in [-0.3, -0.25) is 9.59 Å². The fraction of sp³-hybridized carbons (Fsp3) is 0.529. The lowest BCUT2D eigenvalue weighted by Crippen LogP contribution is -2.40. The molecule has 1 aliphatic heterocycles. The Kier molecular flexibility index (Phi) is 5.64. The summed E-state index contributed by atoms with van der Waals surface area (Å²) in [5, 5.41) is 0. The standard InChI is InChI=1S/C17H24N2O4S/c1-13-4-6-15(7-5-13)19(14(2)20)10-8-17(21)18(3)16-9-11-24(22,23)12-16/h4-7,16H,8-12H2,1-3H3. The molecule has 0 aliphatic carbocycles. The molecule has 1 atom stereocenters. The predicted octanol–water partition coefficient (Wildman–Crippen LogP) is 1.38. The minimum atomic E-state index is -3.02. The van der Waals surface area contributed by atoms with Crippen molar-refractivity contribution in [1.29, 1.82) is 0 Å². The van der Waals surface area contributed by atoms with E-state index in [4.69, 9.17) is 0 Å². The maximum Gasteiger partial charge on any atom is 0.224 e. The van der Waals surface area contributed by atoms with E-state index in [1.54, 1.807) is 11.9 Å². The van der Waals surface area contributed by atoms with Gasteiger partial charge in [0.25, 0.3) is 0 Å². The van der Waals surface area contributed by atoms with Gasteiger partial charge < -0.3 is 9.80 Å². The van der Waals surface area contributed by atoms with Gasteiger partial charge in [-0.1, -0.05) is 17.7 Å². The highest BCUT2D eigenvalue weighted by atomic mass is 32.2. The number of amides is 2. The molecule has 2 amide bonds. The van der Waals surface area contributed by atoms with E-state index in [0.29, 0.717) is 6.42 Å². The fourth-order valence-corrected chi connectivity index (χ4v) is 4.64. The van der Waals surface area contributed by atoms with Crippen LogP contribution in [0.2, 0.25) is 0 Å². The van der Waals surface area contributed by atoms with Crippen molar-refractivity contribution in [3.05, 3.63) is 29.8 Å². The summed E-state index contributed by atoms with van der Waals surface area (Å²) in [6, 6.07) is 7.29. The van der Waals surface area contributed by atoms with Crippen molar-refractivity contribution in [2.24, 2.45) is 0 Å². The molecule has 0 radical (unpaired) electrons. The Morgan fingerprint density at radius 1 is 1.21 bits per heavy atom. The summed E-state index contributed by atoms with van der Waals surface area (Å²) in [6.07, 6.45) is 0.652. The van der Waals surface area contributed by atoms with Crippen molar-refractivity contribution in [2.75, 3.05) is 30.0 Å². The molecule has 1 aliphatic rings. The fourth-order valence-electron chi connectivity index (χ4n) is 2.86. The summed E-state index contributed by atoms with van der Waals surface area (Å²) < 4.78 is 23.1. The van der Waals surface area contributed by atoms with Gasteiger partial charge in [-0.05, 0) is 25.5 Å².